The van der Waals surface area contributed by atoms with Crippen LogP contribution in [0.3, 0.4) is 0 Å². The van der Waals surface area contributed by atoms with Gasteiger partial charge in [-0.3, -0.25) is 4.79 Å². The van der Waals surface area contributed by atoms with Crippen molar-refractivity contribution >= 4 is 5.78 Å². The summed E-state index contributed by atoms with van der Waals surface area (Å²) >= 11 is 0. The van der Waals surface area contributed by atoms with Gasteiger partial charge < -0.3 is 0 Å². The third kappa shape index (κ3) is 3.48. The van der Waals surface area contributed by atoms with Gasteiger partial charge in [0.2, 0.25) is 0 Å². The largest absolute Gasteiger partial charge is 0.294 e. The fourth-order valence-electron chi connectivity index (χ4n) is 2.18. The molecule has 1 rings (SSSR count). The van der Waals surface area contributed by atoms with Gasteiger partial charge in [-0.2, -0.15) is 0 Å². The van der Waals surface area contributed by atoms with Gasteiger partial charge in [-0.15, -0.1) is 0 Å². The summed E-state index contributed by atoms with van der Waals surface area (Å²) in [6, 6.07) is 6.17. The summed E-state index contributed by atoms with van der Waals surface area (Å²) in [5.41, 5.74) is 3.28. The van der Waals surface area contributed by atoms with Crippen LogP contribution in [0.2, 0.25) is 0 Å². The molecule has 0 atom stereocenters. The highest BCUT2D eigenvalue weighted by Gasteiger charge is 2.09. The molecule has 0 heterocycles. The number of unbranched alkanes of at least 4 members (excludes halogenated alkanes) is 3. The molecule has 16 heavy (non-hydrogen) atoms. The quantitative estimate of drug-likeness (QED) is 0.513. The van der Waals surface area contributed by atoms with Crippen LogP contribution < -0.4 is 0 Å². The molecule has 0 aliphatic carbocycles. The molecule has 0 amide bonds. The Bertz CT molecular complexity index is 352. The van der Waals surface area contributed by atoms with Gasteiger partial charge in [-0.25, -0.2) is 0 Å². The number of carbonyl (C=O) groups excluding carboxylic acids is 1. The van der Waals surface area contributed by atoms with Crippen LogP contribution in [0.4, 0.5) is 0 Å². The zero-order valence-corrected chi connectivity index (χ0v) is 10.7. The van der Waals surface area contributed by atoms with Gasteiger partial charge in [0.05, 0.1) is 0 Å². The van der Waals surface area contributed by atoms with Crippen molar-refractivity contribution in [3.05, 3.63) is 34.9 Å². The molecular weight excluding hydrogens is 196 g/mol. The minimum Gasteiger partial charge on any atom is -0.294 e. The Morgan fingerprint density at radius 3 is 2.56 bits per heavy atom. The van der Waals surface area contributed by atoms with Crippen molar-refractivity contribution in [2.45, 2.75) is 52.9 Å². The summed E-state index contributed by atoms with van der Waals surface area (Å²) in [4.78, 5) is 11.6. The van der Waals surface area contributed by atoms with Crippen LogP contribution in [0, 0.1) is 6.92 Å². The van der Waals surface area contributed by atoms with Gasteiger partial charge in [0.15, 0.2) is 5.78 Å². The third-order valence-corrected chi connectivity index (χ3v) is 3.01. The molecule has 1 heteroatoms. The average molecular weight is 218 g/mol. The Balaban J connectivity index is 2.71. The lowest BCUT2D eigenvalue weighted by molar-refractivity contribution is 0.101. The molecular formula is C15H22O. The number of rotatable bonds is 6. The van der Waals surface area contributed by atoms with E-state index in [2.05, 4.69) is 19.1 Å². The first kappa shape index (κ1) is 13.0. The second kappa shape index (κ2) is 6.47. The molecule has 0 aliphatic heterocycles. The topological polar surface area (TPSA) is 17.1 Å². The molecule has 1 aromatic carbocycles. The number of ketones is 1. The molecule has 0 aromatic heterocycles. The number of Topliss-reactive ketones (excluding diaryl/α,β-unsaturated/α-hetero) is 1. The van der Waals surface area contributed by atoms with Crippen LogP contribution in [0.1, 0.15) is 61.0 Å². The van der Waals surface area contributed by atoms with Gasteiger partial charge in [-0.05, 0) is 37.8 Å². The lowest BCUT2D eigenvalue weighted by atomic mass is 9.95. The van der Waals surface area contributed by atoms with E-state index in [0.717, 1.165) is 17.5 Å². The number of carbonyl (C=O) groups is 1. The smallest absolute Gasteiger partial charge is 0.160 e. The van der Waals surface area contributed by atoms with E-state index in [-0.39, 0.29) is 5.78 Å². The summed E-state index contributed by atoms with van der Waals surface area (Å²) in [6.45, 7) is 5.90. The highest BCUT2D eigenvalue weighted by atomic mass is 16.1. The van der Waals surface area contributed by atoms with Gasteiger partial charge in [-0.1, -0.05) is 44.4 Å². The first-order valence-corrected chi connectivity index (χ1v) is 6.26. The van der Waals surface area contributed by atoms with Crippen LogP contribution in [0.5, 0.6) is 0 Å². The van der Waals surface area contributed by atoms with E-state index in [9.17, 15) is 4.79 Å². The molecule has 88 valence electrons. The molecule has 0 fully saturated rings. The number of aryl methyl sites for hydroxylation is 2. The second-order valence-electron chi connectivity index (χ2n) is 4.48. The maximum absolute atomic E-state index is 11.6. The van der Waals surface area contributed by atoms with E-state index < -0.39 is 0 Å². The SMILES string of the molecule is CCCCCCc1cccc(C)c1C(C)=O. The Labute approximate surface area is 98.9 Å². The normalized spacial score (nSPS) is 10.4. The molecule has 0 bridgehead atoms. The van der Waals surface area contributed by atoms with E-state index in [1.807, 2.05) is 13.0 Å². The molecule has 0 unspecified atom stereocenters. The van der Waals surface area contributed by atoms with E-state index in [1.54, 1.807) is 6.92 Å². The van der Waals surface area contributed by atoms with Crippen molar-refractivity contribution in [3.8, 4) is 0 Å². The zero-order valence-electron chi connectivity index (χ0n) is 10.7. The van der Waals surface area contributed by atoms with Crippen molar-refractivity contribution in [1.82, 2.24) is 0 Å². The Morgan fingerprint density at radius 1 is 1.19 bits per heavy atom. The fraction of sp³-hybridized carbons (Fsp3) is 0.533. The lowest BCUT2D eigenvalue weighted by Crippen LogP contribution is -2.02. The maximum atomic E-state index is 11.6. The van der Waals surface area contributed by atoms with Crippen LogP contribution in [-0.2, 0) is 6.42 Å². The maximum Gasteiger partial charge on any atom is 0.160 e. The fourth-order valence-corrected chi connectivity index (χ4v) is 2.18. The third-order valence-electron chi connectivity index (χ3n) is 3.01. The van der Waals surface area contributed by atoms with E-state index in [1.165, 1.54) is 31.2 Å². The first-order chi connectivity index (χ1) is 7.66. The Kier molecular flexibility index (Phi) is 5.24. The Hall–Kier alpha value is -1.11. The van der Waals surface area contributed by atoms with Crippen molar-refractivity contribution in [1.29, 1.82) is 0 Å². The van der Waals surface area contributed by atoms with E-state index in [0.29, 0.717) is 0 Å². The zero-order chi connectivity index (χ0) is 12.0. The first-order valence-electron chi connectivity index (χ1n) is 6.26. The predicted octanol–water partition coefficient (Wildman–Crippen LogP) is 4.32. The summed E-state index contributed by atoms with van der Waals surface area (Å²) in [7, 11) is 0. The van der Waals surface area contributed by atoms with Gasteiger partial charge >= 0.3 is 0 Å². The van der Waals surface area contributed by atoms with Crippen LogP contribution in [0.25, 0.3) is 0 Å². The lowest BCUT2D eigenvalue weighted by Gasteiger charge is -2.09. The molecule has 0 N–H and O–H groups in total. The summed E-state index contributed by atoms with van der Waals surface area (Å²) in [6.07, 6.45) is 6.05. The highest BCUT2D eigenvalue weighted by Crippen LogP contribution is 2.17. The molecule has 0 spiro atoms. The molecule has 0 aliphatic rings. The molecule has 1 nitrogen and oxygen atoms in total. The predicted molar refractivity (Wildman–Crippen MR) is 69.0 cm³/mol. The van der Waals surface area contributed by atoms with Crippen molar-refractivity contribution in [3.63, 3.8) is 0 Å². The van der Waals surface area contributed by atoms with Crippen molar-refractivity contribution in [2.75, 3.05) is 0 Å². The number of benzene rings is 1. The number of hydrogen-bond acceptors (Lipinski definition) is 1. The summed E-state index contributed by atoms with van der Waals surface area (Å²) in [5, 5.41) is 0. The van der Waals surface area contributed by atoms with Gasteiger partial charge in [0.25, 0.3) is 0 Å². The molecule has 0 saturated heterocycles. The minimum absolute atomic E-state index is 0.198. The van der Waals surface area contributed by atoms with E-state index in [4.69, 9.17) is 0 Å². The van der Waals surface area contributed by atoms with Gasteiger partial charge in [0, 0.05) is 5.56 Å². The van der Waals surface area contributed by atoms with Crippen LogP contribution >= 0.6 is 0 Å². The standard InChI is InChI=1S/C15H22O/c1-4-5-6-7-10-14-11-8-9-12(2)15(14)13(3)16/h8-9,11H,4-7,10H2,1-3H3. The van der Waals surface area contributed by atoms with Crippen molar-refractivity contribution < 1.29 is 4.79 Å². The summed E-state index contributed by atoms with van der Waals surface area (Å²) < 4.78 is 0. The molecule has 0 saturated carbocycles. The van der Waals surface area contributed by atoms with Crippen LogP contribution in [0.15, 0.2) is 18.2 Å². The van der Waals surface area contributed by atoms with Crippen molar-refractivity contribution in [2.24, 2.45) is 0 Å². The Morgan fingerprint density at radius 2 is 1.94 bits per heavy atom. The summed E-state index contributed by atoms with van der Waals surface area (Å²) in [5.74, 6) is 0.198. The highest BCUT2D eigenvalue weighted by molar-refractivity contribution is 5.97. The van der Waals surface area contributed by atoms with E-state index >= 15 is 0 Å². The number of hydrogen-bond donors (Lipinski definition) is 0. The van der Waals surface area contributed by atoms with Crippen LogP contribution in [-0.4, -0.2) is 5.78 Å². The van der Waals surface area contributed by atoms with Gasteiger partial charge in [0.1, 0.15) is 0 Å². The second-order valence-corrected chi connectivity index (χ2v) is 4.48. The minimum atomic E-state index is 0.198. The molecule has 0 radical (unpaired) electrons. The monoisotopic (exact) mass is 218 g/mol. The molecule has 1 aromatic rings. The average Bonchev–Trinajstić information content (AvgIpc) is 2.24.